The molecule has 0 aliphatic carbocycles. The zero-order valence-corrected chi connectivity index (χ0v) is 46.7. The molecule has 0 saturated heterocycles. The van der Waals surface area contributed by atoms with E-state index in [1.165, 1.54) is 38.9 Å². The molecule has 0 fully saturated rings. The van der Waals surface area contributed by atoms with E-state index in [-0.39, 0.29) is 37.3 Å². The second-order valence-corrected chi connectivity index (χ2v) is 22.7. The van der Waals surface area contributed by atoms with Crippen LogP contribution in [0.3, 0.4) is 0 Å². The summed E-state index contributed by atoms with van der Waals surface area (Å²) < 4.78 is 9.23. The minimum absolute atomic E-state index is 0. The summed E-state index contributed by atoms with van der Waals surface area (Å²) in [5.74, 6) is 2.64. The predicted octanol–water partition coefficient (Wildman–Crippen LogP) is 17.8. The maximum absolute atomic E-state index is 6.99. The predicted molar refractivity (Wildman–Crippen MR) is 302 cm³/mol. The van der Waals surface area contributed by atoms with Gasteiger partial charge in [0.15, 0.2) is 0 Å². The van der Waals surface area contributed by atoms with Crippen LogP contribution < -0.4 is 14.5 Å². The number of nitrogens with zero attached hydrogens (tertiary/aromatic N) is 4. The molecule has 0 saturated carbocycles. The summed E-state index contributed by atoms with van der Waals surface area (Å²) in [4.78, 5) is 9.56. The summed E-state index contributed by atoms with van der Waals surface area (Å²) in [6.07, 6.45) is 4.21. The number of ether oxygens (including phenoxy) is 1. The summed E-state index contributed by atoms with van der Waals surface area (Å²) in [6, 6.07) is 64.4. The smallest absolute Gasteiger partial charge is 0.135 e. The molecule has 2 aromatic heterocycles. The van der Waals surface area contributed by atoms with E-state index in [1.54, 1.807) is 0 Å². The molecule has 374 valence electrons. The van der Waals surface area contributed by atoms with Gasteiger partial charge in [0.1, 0.15) is 5.82 Å². The molecule has 0 unspecified atom stereocenters. The molecule has 0 atom stereocenters. The Kier molecular flexibility index (Phi) is 14.0. The van der Waals surface area contributed by atoms with Crippen LogP contribution in [-0.4, -0.2) is 9.55 Å². The molecule has 3 heterocycles. The topological polar surface area (TPSA) is 33.5 Å². The van der Waals surface area contributed by atoms with Crippen molar-refractivity contribution in [1.29, 1.82) is 0 Å². The van der Waals surface area contributed by atoms with Crippen LogP contribution in [0.15, 0.2) is 170 Å². The van der Waals surface area contributed by atoms with E-state index in [0.717, 1.165) is 55.8 Å². The molecule has 1 aliphatic rings. The molecule has 0 N–H and O–H groups in total. The molecule has 1 aliphatic heterocycles. The number of benzene rings is 7. The molecule has 9 aromatic rings. The van der Waals surface area contributed by atoms with Crippen molar-refractivity contribution in [3.8, 4) is 28.4 Å². The summed E-state index contributed by atoms with van der Waals surface area (Å²) >= 11 is 0. The standard InChI is InChI=1S/C67H67N4O.Pt/c1-44(2)56-27-20-28-57(45(3)4)64(56)62-42-69(43-70(62)52-26-19-25-51(37-52)67(11,12)48-23-17-14-18-24-48)53-35-47(46-21-15-13-16-22-46)36-55(40-53)72-54-30-31-58-59-38-49(65(5,6)7)29-32-60(59)71(61(58)41-54)63-39-50(33-34-68-63)66(8,9)10;/h13-39,42-45H,1-12H3;/q-3;. The van der Waals surface area contributed by atoms with Crippen LogP contribution in [0.5, 0.6) is 11.5 Å². The van der Waals surface area contributed by atoms with Crippen LogP contribution in [0.4, 0.5) is 11.4 Å². The van der Waals surface area contributed by atoms with Gasteiger partial charge in [-0.3, -0.25) is 0 Å². The van der Waals surface area contributed by atoms with Gasteiger partial charge in [-0.25, -0.2) is 4.98 Å². The molecule has 0 radical (unpaired) electrons. The van der Waals surface area contributed by atoms with E-state index in [9.17, 15) is 0 Å². The molecular formula is C67H67N4OPt-3. The van der Waals surface area contributed by atoms with Crippen LogP contribution in [0, 0.1) is 18.8 Å². The number of anilines is 2. The molecular weight excluding hydrogens is 1070 g/mol. The van der Waals surface area contributed by atoms with Gasteiger partial charge in [-0.05, 0) is 104 Å². The quantitative estimate of drug-likeness (QED) is 0.121. The van der Waals surface area contributed by atoms with E-state index in [0.29, 0.717) is 23.3 Å². The van der Waals surface area contributed by atoms with E-state index in [4.69, 9.17) is 9.72 Å². The van der Waals surface area contributed by atoms with Crippen LogP contribution >= 0.6 is 0 Å². The number of rotatable bonds is 11. The molecule has 10 rings (SSSR count). The van der Waals surface area contributed by atoms with Crippen LogP contribution in [0.2, 0.25) is 0 Å². The van der Waals surface area contributed by atoms with Crippen molar-refractivity contribution in [2.45, 2.75) is 111 Å². The molecule has 6 heteroatoms. The first-order valence-corrected chi connectivity index (χ1v) is 25.6. The fraction of sp³-hybridized carbons (Fsp3) is 0.254. The third-order valence-corrected chi connectivity index (χ3v) is 14.5. The van der Waals surface area contributed by atoms with Gasteiger partial charge in [0, 0.05) is 66.6 Å². The largest absolute Gasteiger partial charge is 0.509 e. The van der Waals surface area contributed by atoms with Crippen LogP contribution in [0.25, 0.3) is 44.4 Å². The zero-order valence-electron chi connectivity index (χ0n) is 44.4. The van der Waals surface area contributed by atoms with Gasteiger partial charge in [-0.2, -0.15) is 6.07 Å². The Hall–Kier alpha value is -6.68. The molecule has 73 heavy (non-hydrogen) atoms. The Labute approximate surface area is 448 Å². The van der Waals surface area contributed by atoms with Crippen molar-refractivity contribution >= 4 is 38.9 Å². The molecule has 0 spiro atoms. The van der Waals surface area contributed by atoms with E-state index < -0.39 is 0 Å². The summed E-state index contributed by atoms with van der Waals surface area (Å²) in [5.41, 5.74) is 15.8. The van der Waals surface area contributed by atoms with Crippen LogP contribution in [-0.2, 0) is 37.3 Å². The number of aromatic nitrogens is 2. The van der Waals surface area contributed by atoms with Gasteiger partial charge >= 0.3 is 0 Å². The van der Waals surface area contributed by atoms with Crippen molar-refractivity contribution < 1.29 is 25.8 Å². The van der Waals surface area contributed by atoms with Gasteiger partial charge in [0.05, 0.1) is 0 Å². The fourth-order valence-corrected chi connectivity index (χ4v) is 10.2. The third kappa shape index (κ3) is 10.1. The first kappa shape index (κ1) is 51.2. The van der Waals surface area contributed by atoms with Crippen molar-refractivity contribution in [2.24, 2.45) is 0 Å². The Bertz CT molecular complexity index is 3450. The van der Waals surface area contributed by atoms with Gasteiger partial charge in [0.2, 0.25) is 0 Å². The maximum Gasteiger partial charge on any atom is 0.135 e. The summed E-state index contributed by atoms with van der Waals surface area (Å²) in [5, 5.41) is 2.26. The average Bonchev–Trinajstić information content (AvgIpc) is 3.96. The normalized spacial score (nSPS) is 13.3. The Morgan fingerprint density at radius 1 is 0.548 bits per heavy atom. The Morgan fingerprint density at radius 3 is 1.86 bits per heavy atom. The van der Waals surface area contributed by atoms with E-state index >= 15 is 0 Å². The number of fused-ring (bicyclic) bond motifs is 3. The van der Waals surface area contributed by atoms with Gasteiger partial charge in [-0.1, -0.05) is 192 Å². The number of hydrogen-bond donors (Lipinski definition) is 0. The Morgan fingerprint density at radius 2 is 1.19 bits per heavy atom. The fourth-order valence-electron chi connectivity index (χ4n) is 10.2. The van der Waals surface area contributed by atoms with Gasteiger partial charge in [-0.15, -0.1) is 53.6 Å². The van der Waals surface area contributed by atoms with E-state index in [1.807, 2.05) is 12.3 Å². The van der Waals surface area contributed by atoms with Crippen molar-refractivity contribution in [3.63, 3.8) is 0 Å². The van der Waals surface area contributed by atoms with Gasteiger partial charge in [0.25, 0.3) is 0 Å². The van der Waals surface area contributed by atoms with Crippen molar-refractivity contribution in [2.75, 3.05) is 9.80 Å². The monoisotopic (exact) mass is 1140 g/mol. The zero-order chi connectivity index (χ0) is 50.7. The third-order valence-electron chi connectivity index (χ3n) is 14.5. The maximum atomic E-state index is 6.99. The van der Waals surface area contributed by atoms with Crippen molar-refractivity contribution in [3.05, 3.63) is 228 Å². The first-order chi connectivity index (χ1) is 34.3. The minimum Gasteiger partial charge on any atom is -0.509 e. The minimum atomic E-state index is -0.222. The second kappa shape index (κ2) is 20.0. The summed E-state index contributed by atoms with van der Waals surface area (Å²) in [7, 11) is 0. The van der Waals surface area contributed by atoms with Gasteiger partial charge < -0.3 is 19.1 Å². The Balaban J connectivity index is 0.00000656. The van der Waals surface area contributed by atoms with Crippen molar-refractivity contribution in [1.82, 2.24) is 9.55 Å². The molecule has 5 nitrogen and oxygen atoms in total. The number of hydrogen-bond acceptors (Lipinski definition) is 4. The van der Waals surface area contributed by atoms with E-state index in [2.05, 4.69) is 274 Å². The average molecular weight is 1140 g/mol. The SMILES string of the molecule is CC(C)c1cccc(C(C)C)c1C1=CN(c2[c-]c(Oc3[c-]c4c(cc3)c3cc(C(C)(C)C)ccc3n4-c3cc(C(C)(C)C)ccn3)cc(-c3ccccc3)c2)[CH-]N1c1cccc(C(C)(C)c2ccccc2)c1.[Pt]. The molecule has 0 amide bonds. The first-order valence-electron chi connectivity index (χ1n) is 25.6. The number of pyridine rings is 1. The second-order valence-electron chi connectivity index (χ2n) is 22.7. The molecule has 0 bridgehead atoms. The molecule has 7 aromatic carbocycles. The summed E-state index contributed by atoms with van der Waals surface area (Å²) in [6.45, 7) is 29.6. The van der Waals surface area contributed by atoms with Crippen LogP contribution in [0.1, 0.15) is 134 Å².